The minimum atomic E-state index is -0.304. The van der Waals surface area contributed by atoms with Crippen molar-refractivity contribution in [2.45, 2.75) is 13.5 Å². The lowest BCUT2D eigenvalue weighted by Gasteiger charge is -2.32. The molecule has 7 nitrogen and oxygen atoms in total. The van der Waals surface area contributed by atoms with Crippen molar-refractivity contribution in [3.05, 3.63) is 88.2 Å². The van der Waals surface area contributed by atoms with Gasteiger partial charge in [-0.15, -0.1) is 0 Å². The van der Waals surface area contributed by atoms with Crippen LogP contribution in [0.5, 0.6) is 0 Å². The second kappa shape index (κ2) is 10.8. The number of amides is 2. The van der Waals surface area contributed by atoms with Crippen LogP contribution in [0.3, 0.4) is 0 Å². The Balaban J connectivity index is 1.43. The molecule has 8 heteroatoms. The van der Waals surface area contributed by atoms with Crippen LogP contribution in [0.1, 0.15) is 31.8 Å². The molecule has 2 aromatic carbocycles. The molecule has 0 bridgehead atoms. The lowest BCUT2D eigenvalue weighted by atomic mass is 10.1. The van der Waals surface area contributed by atoms with E-state index in [-0.39, 0.29) is 17.0 Å². The van der Waals surface area contributed by atoms with Crippen LogP contribution in [0.25, 0.3) is 0 Å². The van der Waals surface area contributed by atoms with Crippen molar-refractivity contribution >= 4 is 34.8 Å². The highest BCUT2D eigenvalue weighted by Gasteiger charge is 2.15. The van der Waals surface area contributed by atoms with Crippen molar-refractivity contribution in [3.63, 3.8) is 0 Å². The SMILES string of the molecule is Cc1ccc(NC(=O)c2ccnc(Cl)c2)cc1NC(=O)c1cccc(CN2CCN(C)CC2)c1. The number of nitrogens with one attached hydrogen (secondary N) is 2. The first-order chi connectivity index (χ1) is 16.4. The number of anilines is 2. The molecule has 0 radical (unpaired) electrons. The van der Waals surface area contributed by atoms with Gasteiger partial charge in [-0.25, -0.2) is 4.98 Å². The number of piperazine rings is 1. The summed E-state index contributed by atoms with van der Waals surface area (Å²) in [5.74, 6) is -0.491. The maximum Gasteiger partial charge on any atom is 0.255 e. The van der Waals surface area contributed by atoms with Crippen LogP contribution in [-0.4, -0.2) is 59.8 Å². The highest BCUT2D eigenvalue weighted by Crippen LogP contribution is 2.22. The monoisotopic (exact) mass is 477 g/mol. The van der Waals surface area contributed by atoms with Gasteiger partial charge in [0, 0.05) is 61.4 Å². The number of aromatic nitrogens is 1. The molecule has 0 unspecified atom stereocenters. The predicted molar refractivity (Wildman–Crippen MR) is 136 cm³/mol. The van der Waals surface area contributed by atoms with Crippen molar-refractivity contribution in [1.29, 1.82) is 0 Å². The third-order valence-corrected chi connectivity index (χ3v) is 6.13. The topological polar surface area (TPSA) is 77.6 Å². The average molecular weight is 478 g/mol. The largest absolute Gasteiger partial charge is 0.322 e. The van der Waals surface area contributed by atoms with Crippen LogP contribution < -0.4 is 10.6 Å². The Morgan fingerprint density at radius 3 is 2.44 bits per heavy atom. The van der Waals surface area contributed by atoms with Gasteiger partial charge in [0.05, 0.1) is 0 Å². The molecule has 0 saturated carbocycles. The molecule has 1 aromatic heterocycles. The summed E-state index contributed by atoms with van der Waals surface area (Å²) < 4.78 is 0. The number of pyridine rings is 1. The number of rotatable bonds is 6. The first-order valence-electron chi connectivity index (χ1n) is 11.2. The highest BCUT2D eigenvalue weighted by atomic mass is 35.5. The Labute approximate surface area is 204 Å². The molecule has 1 aliphatic rings. The van der Waals surface area contributed by atoms with Crippen LogP contribution in [0.4, 0.5) is 11.4 Å². The summed E-state index contributed by atoms with van der Waals surface area (Å²) in [7, 11) is 2.14. The van der Waals surface area contributed by atoms with Gasteiger partial charge in [-0.1, -0.05) is 29.8 Å². The summed E-state index contributed by atoms with van der Waals surface area (Å²) in [6.45, 7) is 6.90. The zero-order chi connectivity index (χ0) is 24.1. The van der Waals surface area contributed by atoms with Crippen LogP contribution >= 0.6 is 11.6 Å². The third-order valence-electron chi connectivity index (χ3n) is 5.92. The van der Waals surface area contributed by atoms with Crippen LogP contribution in [0.15, 0.2) is 60.8 Å². The number of carbonyl (C=O) groups is 2. The van der Waals surface area contributed by atoms with E-state index in [1.54, 1.807) is 18.2 Å². The van der Waals surface area contributed by atoms with E-state index < -0.39 is 0 Å². The van der Waals surface area contributed by atoms with E-state index >= 15 is 0 Å². The maximum atomic E-state index is 13.0. The second-order valence-electron chi connectivity index (χ2n) is 8.58. The summed E-state index contributed by atoms with van der Waals surface area (Å²) >= 11 is 5.88. The van der Waals surface area contributed by atoms with Crippen LogP contribution in [-0.2, 0) is 6.54 Å². The lowest BCUT2D eigenvalue weighted by molar-refractivity contribution is 0.101. The fourth-order valence-corrected chi connectivity index (χ4v) is 4.02. The molecule has 34 heavy (non-hydrogen) atoms. The Morgan fingerprint density at radius 2 is 1.68 bits per heavy atom. The molecule has 4 rings (SSSR count). The maximum absolute atomic E-state index is 13.0. The van der Waals surface area contributed by atoms with E-state index in [0.717, 1.165) is 43.9 Å². The molecule has 0 spiro atoms. The van der Waals surface area contributed by atoms with Gasteiger partial charge in [0.2, 0.25) is 0 Å². The standard InChI is InChI=1S/C26H28ClN5O2/c1-18-6-7-22(29-25(33)21-8-9-28-24(27)15-21)16-23(18)30-26(34)20-5-3-4-19(14-20)17-32-12-10-31(2)11-13-32/h3-9,14-16H,10-13,17H2,1-2H3,(H,29,33)(H,30,34). The number of benzene rings is 2. The van der Waals surface area contributed by atoms with Gasteiger partial charge in [0.15, 0.2) is 0 Å². The van der Waals surface area contributed by atoms with Gasteiger partial charge in [-0.2, -0.15) is 0 Å². The predicted octanol–water partition coefficient (Wildman–Crippen LogP) is 4.30. The minimum Gasteiger partial charge on any atom is -0.322 e. The van der Waals surface area contributed by atoms with E-state index in [4.69, 9.17) is 11.6 Å². The van der Waals surface area contributed by atoms with E-state index in [1.807, 2.05) is 31.2 Å². The molecule has 2 N–H and O–H groups in total. The van der Waals surface area contributed by atoms with E-state index in [1.165, 1.54) is 12.3 Å². The summed E-state index contributed by atoms with van der Waals surface area (Å²) in [5.41, 5.74) is 4.23. The highest BCUT2D eigenvalue weighted by molar-refractivity contribution is 6.29. The lowest BCUT2D eigenvalue weighted by Crippen LogP contribution is -2.43. The summed E-state index contributed by atoms with van der Waals surface area (Å²) in [5, 5.41) is 6.07. The second-order valence-corrected chi connectivity index (χ2v) is 8.97. The molecule has 0 atom stereocenters. The zero-order valence-corrected chi connectivity index (χ0v) is 20.1. The van der Waals surface area contributed by atoms with Gasteiger partial charge in [-0.3, -0.25) is 14.5 Å². The van der Waals surface area contributed by atoms with Gasteiger partial charge >= 0.3 is 0 Å². The number of likely N-dealkylation sites (N-methyl/N-ethyl adjacent to an activating group) is 1. The number of hydrogen-bond acceptors (Lipinski definition) is 5. The molecule has 2 amide bonds. The van der Waals surface area contributed by atoms with Crippen molar-refractivity contribution < 1.29 is 9.59 Å². The Hall–Kier alpha value is -3.26. The van der Waals surface area contributed by atoms with E-state index in [0.29, 0.717) is 22.5 Å². The normalized spacial score (nSPS) is 14.6. The fraction of sp³-hybridized carbons (Fsp3) is 0.269. The summed E-state index contributed by atoms with van der Waals surface area (Å²) in [6.07, 6.45) is 1.48. The number of hydrogen-bond donors (Lipinski definition) is 2. The number of carbonyl (C=O) groups excluding carboxylic acids is 2. The number of nitrogens with zero attached hydrogens (tertiary/aromatic N) is 3. The van der Waals surface area contributed by atoms with Crippen molar-refractivity contribution in [1.82, 2.24) is 14.8 Å². The molecule has 1 fully saturated rings. The number of halogens is 1. The Bertz CT molecular complexity index is 1190. The van der Waals surface area contributed by atoms with E-state index in [2.05, 4.69) is 38.5 Å². The Kier molecular flexibility index (Phi) is 7.57. The summed E-state index contributed by atoms with van der Waals surface area (Å²) in [6, 6.07) is 16.2. The smallest absolute Gasteiger partial charge is 0.255 e. The minimum absolute atomic E-state index is 0.187. The zero-order valence-electron chi connectivity index (χ0n) is 19.3. The van der Waals surface area contributed by atoms with Crippen LogP contribution in [0, 0.1) is 6.92 Å². The van der Waals surface area contributed by atoms with Crippen LogP contribution in [0.2, 0.25) is 5.15 Å². The number of aryl methyl sites for hydroxylation is 1. The molecule has 1 saturated heterocycles. The van der Waals surface area contributed by atoms with Gasteiger partial charge in [0.1, 0.15) is 5.15 Å². The van der Waals surface area contributed by atoms with E-state index in [9.17, 15) is 9.59 Å². The average Bonchev–Trinajstić information content (AvgIpc) is 2.83. The van der Waals surface area contributed by atoms with Gasteiger partial charge in [-0.05, 0) is 61.5 Å². The fourth-order valence-electron chi connectivity index (χ4n) is 3.85. The molecule has 2 heterocycles. The first kappa shape index (κ1) is 23.9. The van der Waals surface area contributed by atoms with Crippen molar-refractivity contribution in [3.8, 4) is 0 Å². The summed E-state index contributed by atoms with van der Waals surface area (Å²) in [4.78, 5) is 34.2. The molecular formula is C26H28ClN5O2. The molecule has 1 aliphatic heterocycles. The molecule has 0 aliphatic carbocycles. The van der Waals surface area contributed by atoms with Crippen molar-refractivity contribution in [2.75, 3.05) is 43.9 Å². The first-order valence-corrected chi connectivity index (χ1v) is 11.6. The van der Waals surface area contributed by atoms with Crippen molar-refractivity contribution in [2.24, 2.45) is 0 Å². The van der Waals surface area contributed by atoms with Gasteiger partial charge in [0.25, 0.3) is 11.8 Å². The molecular weight excluding hydrogens is 450 g/mol. The molecule has 176 valence electrons. The Morgan fingerprint density at radius 1 is 0.941 bits per heavy atom. The molecule has 3 aromatic rings. The quantitative estimate of drug-likeness (QED) is 0.518. The third kappa shape index (κ3) is 6.20. The van der Waals surface area contributed by atoms with Gasteiger partial charge < -0.3 is 15.5 Å².